The van der Waals surface area contributed by atoms with Gasteiger partial charge in [-0.1, -0.05) is 36.7 Å². The summed E-state index contributed by atoms with van der Waals surface area (Å²) in [6.45, 7) is 7.70. The van der Waals surface area contributed by atoms with E-state index in [-0.39, 0.29) is 5.91 Å². The van der Waals surface area contributed by atoms with Crippen molar-refractivity contribution in [3.8, 4) is 5.75 Å². The Morgan fingerprint density at radius 3 is 2.61 bits per heavy atom. The average molecular weight is 332 g/mol. The minimum Gasteiger partial charge on any atom is -0.481 e. The van der Waals surface area contributed by atoms with E-state index in [0.717, 1.165) is 28.8 Å². The molecule has 1 amide bonds. The fraction of sp³-hybridized carbons (Fsp3) is 0.316. The molecule has 0 saturated carbocycles. The van der Waals surface area contributed by atoms with Crippen LogP contribution >= 0.6 is 11.6 Å². The first kappa shape index (κ1) is 17.4. The number of anilines is 1. The minimum atomic E-state index is -0.597. The van der Waals surface area contributed by atoms with Gasteiger partial charge < -0.3 is 10.1 Å². The van der Waals surface area contributed by atoms with Crippen molar-refractivity contribution in [1.29, 1.82) is 0 Å². The zero-order valence-electron chi connectivity index (χ0n) is 13.9. The Labute approximate surface area is 142 Å². The molecule has 1 atom stereocenters. The number of benzene rings is 2. The van der Waals surface area contributed by atoms with Crippen molar-refractivity contribution < 1.29 is 9.53 Å². The Morgan fingerprint density at radius 1 is 1.22 bits per heavy atom. The van der Waals surface area contributed by atoms with Crippen LogP contribution in [0, 0.1) is 13.8 Å². The third kappa shape index (κ3) is 4.26. The second-order valence-electron chi connectivity index (χ2n) is 5.62. The fourth-order valence-electron chi connectivity index (χ4n) is 2.37. The van der Waals surface area contributed by atoms with Crippen molar-refractivity contribution in [2.75, 3.05) is 5.32 Å². The zero-order chi connectivity index (χ0) is 17.0. The number of para-hydroxylation sites is 1. The maximum atomic E-state index is 12.4. The van der Waals surface area contributed by atoms with Gasteiger partial charge in [0.2, 0.25) is 0 Å². The molecule has 122 valence electrons. The zero-order valence-corrected chi connectivity index (χ0v) is 14.7. The van der Waals surface area contributed by atoms with Crippen LogP contribution in [0.4, 0.5) is 5.69 Å². The van der Waals surface area contributed by atoms with Crippen LogP contribution in [-0.4, -0.2) is 12.0 Å². The molecule has 0 heterocycles. The maximum Gasteiger partial charge on any atom is 0.265 e. The summed E-state index contributed by atoms with van der Waals surface area (Å²) in [5, 5.41) is 3.67. The first-order chi connectivity index (χ1) is 10.9. The number of aryl methyl sites for hydroxylation is 3. The second-order valence-corrected chi connectivity index (χ2v) is 6.03. The summed E-state index contributed by atoms with van der Waals surface area (Å²) in [5.41, 5.74) is 3.96. The van der Waals surface area contributed by atoms with Gasteiger partial charge in [0.1, 0.15) is 5.75 Å². The van der Waals surface area contributed by atoms with Gasteiger partial charge >= 0.3 is 0 Å². The molecule has 2 aromatic carbocycles. The van der Waals surface area contributed by atoms with Crippen LogP contribution in [0.1, 0.15) is 30.5 Å². The van der Waals surface area contributed by atoms with E-state index in [4.69, 9.17) is 16.3 Å². The van der Waals surface area contributed by atoms with Crippen molar-refractivity contribution in [2.45, 2.75) is 40.2 Å². The van der Waals surface area contributed by atoms with E-state index in [1.54, 1.807) is 19.1 Å². The predicted molar refractivity (Wildman–Crippen MR) is 95.5 cm³/mol. The van der Waals surface area contributed by atoms with E-state index in [2.05, 4.69) is 12.2 Å². The Morgan fingerprint density at radius 2 is 1.96 bits per heavy atom. The quantitative estimate of drug-likeness (QED) is 0.844. The third-order valence-corrected chi connectivity index (χ3v) is 4.22. The molecule has 2 rings (SSSR count). The number of halogens is 1. The SMILES string of the molecule is CCc1cccc(C)c1NC(=O)[C@H](C)Oc1ccc(Cl)c(C)c1. The van der Waals surface area contributed by atoms with Crippen LogP contribution in [0.2, 0.25) is 5.02 Å². The van der Waals surface area contributed by atoms with Gasteiger partial charge in [-0.3, -0.25) is 4.79 Å². The van der Waals surface area contributed by atoms with Crippen molar-refractivity contribution in [3.63, 3.8) is 0 Å². The van der Waals surface area contributed by atoms with Crippen molar-refractivity contribution in [1.82, 2.24) is 0 Å². The van der Waals surface area contributed by atoms with Crippen LogP contribution in [0.5, 0.6) is 5.75 Å². The topological polar surface area (TPSA) is 38.3 Å². The molecule has 0 saturated heterocycles. The Bertz CT molecular complexity index is 713. The molecule has 4 heteroatoms. The summed E-state index contributed by atoms with van der Waals surface area (Å²) < 4.78 is 5.73. The molecule has 0 aliphatic rings. The Balaban J connectivity index is 2.10. The lowest BCUT2D eigenvalue weighted by Gasteiger charge is -2.18. The second kappa shape index (κ2) is 7.51. The number of nitrogens with one attached hydrogen (secondary N) is 1. The van der Waals surface area contributed by atoms with E-state index in [1.807, 2.05) is 38.1 Å². The predicted octanol–water partition coefficient (Wildman–Crippen LogP) is 4.93. The standard InChI is InChI=1S/C19H22ClNO2/c1-5-15-8-6-7-12(2)18(15)21-19(22)14(4)23-16-9-10-17(20)13(3)11-16/h6-11,14H,5H2,1-4H3,(H,21,22)/t14-/m0/s1. The monoisotopic (exact) mass is 331 g/mol. The molecule has 0 radical (unpaired) electrons. The average Bonchev–Trinajstić information content (AvgIpc) is 2.52. The number of carbonyl (C=O) groups is 1. The van der Waals surface area contributed by atoms with Crippen LogP contribution in [0.15, 0.2) is 36.4 Å². The minimum absolute atomic E-state index is 0.165. The highest BCUT2D eigenvalue weighted by Gasteiger charge is 2.17. The molecular weight excluding hydrogens is 310 g/mol. The molecule has 0 bridgehead atoms. The highest BCUT2D eigenvalue weighted by atomic mass is 35.5. The lowest BCUT2D eigenvalue weighted by atomic mass is 10.1. The van der Waals surface area contributed by atoms with E-state index in [0.29, 0.717) is 10.8 Å². The largest absolute Gasteiger partial charge is 0.481 e. The molecule has 1 N–H and O–H groups in total. The van der Waals surface area contributed by atoms with Gasteiger partial charge in [0.05, 0.1) is 0 Å². The first-order valence-corrected chi connectivity index (χ1v) is 8.12. The normalized spacial score (nSPS) is 11.9. The number of amides is 1. The van der Waals surface area contributed by atoms with Crippen molar-refractivity contribution in [2.24, 2.45) is 0 Å². The van der Waals surface area contributed by atoms with Gasteiger partial charge in [0, 0.05) is 10.7 Å². The van der Waals surface area contributed by atoms with Gasteiger partial charge in [-0.05, 0) is 62.1 Å². The highest BCUT2D eigenvalue weighted by Crippen LogP contribution is 2.24. The van der Waals surface area contributed by atoms with E-state index >= 15 is 0 Å². The number of rotatable bonds is 5. The van der Waals surface area contributed by atoms with E-state index < -0.39 is 6.10 Å². The summed E-state index contributed by atoms with van der Waals surface area (Å²) in [7, 11) is 0. The smallest absolute Gasteiger partial charge is 0.265 e. The maximum absolute atomic E-state index is 12.4. The Kier molecular flexibility index (Phi) is 5.67. The van der Waals surface area contributed by atoms with Gasteiger partial charge in [0.15, 0.2) is 6.10 Å². The van der Waals surface area contributed by atoms with Gasteiger partial charge in [0.25, 0.3) is 5.91 Å². The number of hydrogen-bond donors (Lipinski definition) is 1. The van der Waals surface area contributed by atoms with Crippen molar-refractivity contribution in [3.05, 3.63) is 58.1 Å². The first-order valence-electron chi connectivity index (χ1n) is 7.74. The molecule has 0 fully saturated rings. The summed E-state index contributed by atoms with van der Waals surface area (Å²) in [4.78, 5) is 12.4. The lowest BCUT2D eigenvalue weighted by molar-refractivity contribution is -0.122. The molecule has 0 unspecified atom stereocenters. The summed E-state index contributed by atoms with van der Waals surface area (Å²) in [6, 6.07) is 11.4. The molecule has 0 spiro atoms. The molecule has 0 aromatic heterocycles. The molecular formula is C19H22ClNO2. The third-order valence-electron chi connectivity index (χ3n) is 3.80. The van der Waals surface area contributed by atoms with E-state index in [1.165, 1.54) is 0 Å². The highest BCUT2D eigenvalue weighted by molar-refractivity contribution is 6.31. The van der Waals surface area contributed by atoms with Crippen LogP contribution in [0.25, 0.3) is 0 Å². The van der Waals surface area contributed by atoms with Crippen molar-refractivity contribution >= 4 is 23.2 Å². The molecule has 0 aliphatic heterocycles. The molecule has 3 nitrogen and oxygen atoms in total. The van der Waals surface area contributed by atoms with Gasteiger partial charge in [-0.2, -0.15) is 0 Å². The number of ether oxygens (including phenoxy) is 1. The summed E-state index contributed by atoms with van der Waals surface area (Å²) in [5.74, 6) is 0.469. The summed E-state index contributed by atoms with van der Waals surface area (Å²) in [6.07, 6.45) is 0.267. The molecule has 23 heavy (non-hydrogen) atoms. The summed E-state index contributed by atoms with van der Waals surface area (Å²) >= 11 is 6.00. The van der Waals surface area contributed by atoms with E-state index in [9.17, 15) is 4.79 Å². The Hall–Kier alpha value is -2.00. The number of hydrogen-bond acceptors (Lipinski definition) is 2. The van der Waals surface area contributed by atoms with Gasteiger partial charge in [-0.25, -0.2) is 0 Å². The van der Waals surface area contributed by atoms with Crippen LogP contribution in [-0.2, 0) is 11.2 Å². The lowest BCUT2D eigenvalue weighted by Crippen LogP contribution is -2.30. The molecule has 2 aromatic rings. The molecule has 0 aliphatic carbocycles. The fourth-order valence-corrected chi connectivity index (χ4v) is 2.49. The van der Waals surface area contributed by atoms with Crippen LogP contribution in [0.3, 0.4) is 0 Å². The van der Waals surface area contributed by atoms with Gasteiger partial charge in [-0.15, -0.1) is 0 Å². The van der Waals surface area contributed by atoms with Crippen LogP contribution < -0.4 is 10.1 Å². The number of carbonyl (C=O) groups excluding carboxylic acids is 1.